The molecule has 1 unspecified atom stereocenters. The molecule has 1 amide bonds. The van der Waals surface area contributed by atoms with Crippen LogP contribution in [0.2, 0.25) is 0 Å². The van der Waals surface area contributed by atoms with Crippen molar-refractivity contribution < 1.29 is 14.3 Å². The van der Waals surface area contributed by atoms with E-state index < -0.39 is 12.0 Å². The van der Waals surface area contributed by atoms with Crippen molar-refractivity contribution in [2.75, 3.05) is 6.54 Å². The second kappa shape index (κ2) is 6.97. The molecule has 0 saturated carbocycles. The Hall–Kier alpha value is -3.13. The van der Waals surface area contributed by atoms with Crippen molar-refractivity contribution in [3.8, 4) is 11.5 Å². The summed E-state index contributed by atoms with van der Waals surface area (Å²) in [4.78, 5) is 23.6. The summed E-state index contributed by atoms with van der Waals surface area (Å²) in [5.41, 5.74) is 0.560. The number of aliphatic hydroxyl groups is 1. The van der Waals surface area contributed by atoms with Gasteiger partial charge in [0.05, 0.1) is 18.9 Å². The highest BCUT2D eigenvalue weighted by atomic mass is 16.3. The fraction of sp³-hybridized carbons (Fsp3) is 0.188. The normalized spacial score (nSPS) is 12.0. The number of pyridine rings is 1. The van der Waals surface area contributed by atoms with Crippen LogP contribution >= 0.6 is 0 Å². The lowest BCUT2D eigenvalue weighted by Gasteiger charge is -2.12. The van der Waals surface area contributed by atoms with E-state index in [0.29, 0.717) is 11.5 Å². The average Bonchev–Trinajstić information content (AvgIpc) is 3.25. The number of carbonyl (C=O) groups is 1. The first-order valence-electron chi connectivity index (χ1n) is 7.34. The molecule has 0 aliphatic heterocycles. The number of aliphatic hydroxyl groups excluding tert-OH is 1. The van der Waals surface area contributed by atoms with Crippen LogP contribution in [-0.2, 0) is 6.54 Å². The van der Waals surface area contributed by atoms with Crippen LogP contribution in [0.3, 0.4) is 0 Å². The van der Waals surface area contributed by atoms with Gasteiger partial charge >= 0.3 is 0 Å². The lowest BCUT2D eigenvalue weighted by molar-refractivity contribution is 0.0898. The van der Waals surface area contributed by atoms with E-state index in [-0.39, 0.29) is 24.3 Å². The summed E-state index contributed by atoms with van der Waals surface area (Å²) in [6.45, 7) is 0.0985. The van der Waals surface area contributed by atoms with Crippen LogP contribution in [0.4, 0.5) is 0 Å². The smallest absolute Gasteiger partial charge is 0.271 e. The number of furan rings is 1. The molecule has 0 fully saturated rings. The van der Waals surface area contributed by atoms with Crippen molar-refractivity contribution in [3.05, 3.63) is 64.9 Å². The molecule has 0 radical (unpaired) electrons. The van der Waals surface area contributed by atoms with Crippen molar-refractivity contribution in [2.24, 2.45) is 0 Å². The number of H-pyrrole nitrogens is 1. The third kappa shape index (κ3) is 3.61. The van der Waals surface area contributed by atoms with E-state index in [1.807, 2.05) is 0 Å². The molecular weight excluding hydrogens is 312 g/mol. The van der Waals surface area contributed by atoms with Crippen molar-refractivity contribution in [1.82, 2.24) is 20.1 Å². The predicted octanol–water partition coefficient (Wildman–Crippen LogP) is 0.622. The summed E-state index contributed by atoms with van der Waals surface area (Å²) in [6, 6.07) is 9.77. The number of aromatic amines is 1. The Morgan fingerprint density at radius 1 is 1.38 bits per heavy atom. The molecule has 3 aromatic heterocycles. The Balaban J connectivity index is 1.55. The third-order valence-electron chi connectivity index (χ3n) is 3.40. The Morgan fingerprint density at radius 3 is 3.00 bits per heavy atom. The zero-order chi connectivity index (χ0) is 16.9. The van der Waals surface area contributed by atoms with Crippen LogP contribution in [0, 0.1) is 0 Å². The van der Waals surface area contributed by atoms with Gasteiger partial charge < -0.3 is 19.4 Å². The van der Waals surface area contributed by atoms with Crippen molar-refractivity contribution in [1.29, 1.82) is 0 Å². The average molecular weight is 328 g/mol. The number of hydrogen-bond donors (Lipinski definition) is 3. The summed E-state index contributed by atoms with van der Waals surface area (Å²) in [6.07, 6.45) is 2.21. The van der Waals surface area contributed by atoms with E-state index in [9.17, 15) is 14.7 Å². The van der Waals surface area contributed by atoms with E-state index in [1.165, 1.54) is 16.9 Å². The minimum absolute atomic E-state index is 0.00309. The van der Waals surface area contributed by atoms with Gasteiger partial charge in [-0.1, -0.05) is 6.07 Å². The zero-order valence-electron chi connectivity index (χ0n) is 12.7. The number of carbonyl (C=O) groups excluding carboxylic acids is 1. The van der Waals surface area contributed by atoms with Crippen LogP contribution in [-0.4, -0.2) is 38.4 Å². The molecule has 0 aliphatic carbocycles. The summed E-state index contributed by atoms with van der Waals surface area (Å²) in [5, 5.41) is 19.2. The standard InChI is InChI=1S/C16H16N4O4/c21-11(10-20-6-2-1-5-15(20)22)9-17-16(23)13-8-12(18-19-13)14-4-3-7-24-14/h1-8,11,21H,9-10H2,(H,17,23)(H,18,19). The second-order valence-electron chi connectivity index (χ2n) is 5.20. The van der Waals surface area contributed by atoms with Crippen molar-refractivity contribution >= 4 is 5.91 Å². The van der Waals surface area contributed by atoms with Gasteiger partial charge in [0.15, 0.2) is 11.5 Å². The minimum atomic E-state index is -0.891. The van der Waals surface area contributed by atoms with Gasteiger partial charge in [-0.25, -0.2) is 0 Å². The maximum atomic E-state index is 12.0. The maximum absolute atomic E-state index is 12.0. The Labute approximate surface area is 136 Å². The number of nitrogens with zero attached hydrogens (tertiary/aromatic N) is 2. The lowest BCUT2D eigenvalue weighted by atomic mass is 10.3. The number of nitrogens with one attached hydrogen (secondary N) is 2. The van der Waals surface area contributed by atoms with E-state index >= 15 is 0 Å². The Kier molecular flexibility index (Phi) is 4.57. The topological polar surface area (TPSA) is 113 Å². The fourth-order valence-corrected chi connectivity index (χ4v) is 2.20. The molecular formula is C16H16N4O4. The highest BCUT2D eigenvalue weighted by Crippen LogP contribution is 2.17. The van der Waals surface area contributed by atoms with Crippen LogP contribution in [0.1, 0.15) is 10.5 Å². The highest BCUT2D eigenvalue weighted by Gasteiger charge is 2.14. The molecule has 3 heterocycles. The molecule has 0 saturated heterocycles. The van der Waals surface area contributed by atoms with Gasteiger partial charge in [-0.05, 0) is 18.2 Å². The molecule has 0 bridgehead atoms. The summed E-state index contributed by atoms with van der Waals surface area (Å²) < 4.78 is 6.59. The monoisotopic (exact) mass is 328 g/mol. The maximum Gasteiger partial charge on any atom is 0.271 e. The van der Waals surface area contributed by atoms with E-state index in [0.717, 1.165) is 0 Å². The van der Waals surface area contributed by atoms with Gasteiger partial charge in [-0.3, -0.25) is 14.7 Å². The summed E-state index contributed by atoms with van der Waals surface area (Å²) >= 11 is 0. The number of amides is 1. The first-order chi connectivity index (χ1) is 11.6. The van der Waals surface area contributed by atoms with Crippen LogP contribution < -0.4 is 10.9 Å². The minimum Gasteiger partial charge on any atom is -0.463 e. The molecule has 3 aromatic rings. The molecule has 0 aliphatic rings. The van der Waals surface area contributed by atoms with E-state index in [2.05, 4.69) is 15.5 Å². The Bertz CT molecular complexity index is 866. The van der Waals surface area contributed by atoms with Gasteiger partial charge in [0.2, 0.25) is 0 Å². The zero-order valence-corrected chi connectivity index (χ0v) is 12.7. The fourth-order valence-electron chi connectivity index (χ4n) is 2.20. The van der Waals surface area contributed by atoms with Crippen molar-refractivity contribution in [2.45, 2.75) is 12.6 Å². The molecule has 124 valence electrons. The number of hydrogen-bond acceptors (Lipinski definition) is 5. The Morgan fingerprint density at radius 2 is 2.25 bits per heavy atom. The highest BCUT2D eigenvalue weighted by molar-refractivity contribution is 5.93. The lowest BCUT2D eigenvalue weighted by Crippen LogP contribution is -2.36. The molecule has 24 heavy (non-hydrogen) atoms. The molecule has 3 N–H and O–H groups in total. The van der Waals surface area contributed by atoms with Gasteiger partial charge in [0, 0.05) is 24.9 Å². The molecule has 8 heteroatoms. The quantitative estimate of drug-likeness (QED) is 0.614. The first kappa shape index (κ1) is 15.8. The van der Waals surface area contributed by atoms with Gasteiger partial charge in [-0.15, -0.1) is 0 Å². The second-order valence-corrected chi connectivity index (χ2v) is 5.20. The molecule has 1 atom stereocenters. The van der Waals surface area contributed by atoms with E-state index in [1.54, 1.807) is 36.5 Å². The van der Waals surface area contributed by atoms with Gasteiger partial charge in [0.25, 0.3) is 11.5 Å². The molecule has 0 spiro atoms. The molecule has 8 nitrogen and oxygen atoms in total. The van der Waals surface area contributed by atoms with E-state index in [4.69, 9.17) is 4.42 Å². The van der Waals surface area contributed by atoms with Crippen molar-refractivity contribution in [3.63, 3.8) is 0 Å². The van der Waals surface area contributed by atoms with Crippen LogP contribution in [0.15, 0.2) is 58.1 Å². The first-order valence-corrected chi connectivity index (χ1v) is 7.34. The largest absolute Gasteiger partial charge is 0.463 e. The molecule has 0 aromatic carbocycles. The SMILES string of the molecule is O=C(NCC(O)Cn1ccccc1=O)c1cc(-c2ccco2)[nH]n1. The number of aromatic nitrogens is 3. The third-order valence-corrected chi connectivity index (χ3v) is 3.40. The molecule has 3 rings (SSSR count). The van der Waals surface area contributed by atoms with Crippen LogP contribution in [0.5, 0.6) is 0 Å². The number of rotatable bonds is 6. The predicted molar refractivity (Wildman–Crippen MR) is 85.3 cm³/mol. The summed E-state index contributed by atoms with van der Waals surface area (Å²) in [7, 11) is 0. The summed E-state index contributed by atoms with van der Waals surface area (Å²) in [5.74, 6) is 0.147. The van der Waals surface area contributed by atoms with Gasteiger partial charge in [-0.2, -0.15) is 5.10 Å². The van der Waals surface area contributed by atoms with Crippen LogP contribution in [0.25, 0.3) is 11.5 Å². The van der Waals surface area contributed by atoms with Gasteiger partial charge in [0.1, 0.15) is 5.69 Å².